The highest BCUT2D eigenvalue weighted by Crippen LogP contribution is 2.25. The summed E-state index contributed by atoms with van der Waals surface area (Å²) in [5.74, 6) is 0.241. The lowest BCUT2D eigenvalue weighted by Gasteiger charge is -2.04. The summed E-state index contributed by atoms with van der Waals surface area (Å²) in [7, 11) is 0. The van der Waals surface area contributed by atoms with Crippen molar-refractivity contribution < 1.29 is 5.11 Å². The van der Waals surface area contributed by atoms with E-state index in [0.29, 0.717) is 5.56 Å². The smallest absolute Gasteiger partial charge is 0.271 e. The molecule has 3 aromatic rings. The topological polar surface area (TPSA) is 103 Å². The third kappa shape index (κ3) is 2.71. The van der Waals surface area contributed by atoms with Crippen LogP contribution in [0.3, 0.4) is 0 Å². The Hall–Kier alpha value is -3.22. The lowest BCUT2D eigenvalue weighted by Crippen LogP contribution is -2.10. The highest BCUT2D eigenvalue weighted by molar-refractivity contribution is 6.02. The number of hydrogen-bond acceptors (Lipinski definition) is 6. The quantitative estimate of drug-likeness (QED) is 0.498. The predicted octanol–water partition coefficient (Wildman–Crippen LogP) is 1.47. The Morgan fingerprint density at radius 3 is 2.95 bits per heavy atom. The van der Waals surface area contributed by atoms with Crippen molar-refractivity contribution in [1.82, 2.24) is 15.2 Å². The number of H-pyrrole nitrogens is 1. The van der Waals surface area contributed by atoms with Crippen LogP contribution in [0.4, 0.5) is 5.95 Å². The fourth-order valence-corrected chi connectivity index (χ4v) is 1.94. The summed E-state index contributed by atoms with van der Waals surface area (Å²) in [4.78, 5) is 13.5. The minimum absolute atomic E-state index is 0.117. The number of rotatable bonds is 3. The third-order valence-electron chi connectivity index (χ3n) is 2.89. The lowest BCUT2D eigenvalue weighted by molar-refractivity contribution is 0.475. The van der Waals surface area contributed by atoms with Crippen LogP contribution in [0.5, 0.6) is 5.75 Å². The van der Waals surface area contributed by atoms with Gasteiger partial charge in [-0.15, -0.1) is 10.2 Å². The zero-order valence-corrected chi connectivity index (χ0v) is 10.8. The third-order valence-corrected chi connectivity index (χ3v) is 2.89. The molecule has 0 atom stereocenters. The first-order valence-electron chi connectivity index (χ1n) is 6.16. The van der Waals surface area contributed by atoms with Crippen LogP contribution in [0.15, 0.2) is 52.5 Å². The average molecular weight is 281 g/mol. The Balaban J connectivity index is 1.92. The molecule has 0 aliphatic carbocycles. The first kappa shape index (κ1) is 12.8. The molecule has 0 radical (unpaired) electrons. The van der Waals surface area contributed by atoms with Gasteiger partial charge in [-0.3, -0.25) is 9.78 Å². The lowest BCUT2D eigenvalue weighted by atomic mass is 10.0. The summed E-state index contributed by atoms with van der Waals surface area (Å²) in [5, 5.41) is 22.9. The van der Waals surface area contributed by atoms with Crippen LogP contribution in [0.2, 0.25) is 0 Å². The minimum Gasteiger partial charge on any atom is -0.507 e. The Morgan fingerprint density at radius 2 is 2.10 bits per heavy atom. The van der Waals surface area contributed by atoms with Crippen molar-refractivity contribution in [2.75, 3.05) is 5.43 Å². The molecule has 7 heteroatoms. The molecule has 3 N–H and O–H groups in total. The van der Waals surface area contributed by atoms with Crippen molar-refractivity contribution in [2.24, 2.45) is 5.10 Å². The van der Waals surface area contributed by atoms with Gasteiger partial charge in [0.05, 0.1) is 6.21 Å². The van der Waals surface area contributed by atoms with Crippen molar-refractivity contribution in [1.29, 1.82) is 0 Å². The summed E-state index contributed by atoms with van der Waals surface area (Å²) in [5.41, 5.74) is 2.75. The highest BCUT2D eigenvalue weighted by atomic mass is 16.3. The van der Waals surface area contributed by atoms with E-state index in [4.69, 9.17) is 0 Å². The first-order chi connectivity index (χ1) is 10.2. The number of fused-ring (bicyclic) bond motifs is 1. The molecule has 0 saturated carbocycles. The second-order valence-electron chi connectivity index (χ2n) is 4.27. The molecule has 7 nitrogen and oxygen atoms in total. The Labute approximate surface area is 119 Å². The fourth-order valence-electron chi connectivity index (χ4n) is 1.94. The van der Waals surface area contributed by atoms with E-state index in [1.54, 1.807) is 6.07 Å². The average Bonchev–Trinajstić information content (AvgIpc) is 2.50. The van der Waals surface area contributed by atoms with Gasteiger partial charge in [-0.2, -0.15) is 5.10 Å². The standard InChI is InChI=1S/C14H11N5O2/c20-12-6-5-9-3-1-2-4-10(9)11(12)7-15-18-14-17-13(21)8-16-19-14/h1-8,20H,(H2,17,18,19,21)/b15-7-. The van der Waals surface area contributed by atoms with E-state index >= 15 is 0 Å². The summed E-state index contributed by atoms with van der Waals surface area (Å²) < 4.78 is 0. The highest BCUT2D eigenvalue weighted by Gasteiger charge is 2.04. The van der Waals surface area contributed by atoms with Gasteiger partial charge in [0, 0.05) is 5.56 Å². The maximum atomic E-state index is 11.1. The number of aromatic hydroxyl groups is 1. The van der Waals surface area contributed by atoms with Gasteiger partial charge in [0.1, 0.15) is 11.9 Å². The van der Waals surface area contributed by atoms with Gasteiger partial charge < -0.3 is 5.11 Å². The number of benzene rings is 2. The number of nitrogens with zero attached hydrogens (tertiary/aromatic N) is 3. The van der Waals surface area contributed by atoms with Gasteiger partial charge in [-0.05, 0) is 16.8 Å². The number of phenols is 1. The Kier molecular flexibility index (Phi) is 3.30. The largest absolute Gasteiger partial charge is 0.507 e. The van der Waals surface area contributed by atoms with E-state index in [0.717, 1.165) is 17.0 Å². The second kappa shape index (κ2) is 5.41. The molecule has 0 fully saturated rings. The molecule has 0 bridgehead atoms. The summed E-state index contributed by atoms with van der Waals surface area (Å²) in [6.07, 6.45) is 2.52. The van der Waals surface area contributed by atoms with Crippen LogP contribution in [0.1, 0.15) is 5.56 Å². The molecule has 0 aliphatic rings. The van der Waals surface area contributed by atoms with Crippen molar-refractivity contribution in [2.45, 2.75) is 0 Å². The molecule has 0 spiro atoms. The van der Waals surface area contributed by atoms with E-state index in [1.165, 1.54) is 6.21 Å². The molecule has 3 rings (SSSR count). The molecule has 0 amide bonds. The Bertz CT molecular complexity index is 872. The van der Waals surface area contributed by atoms with Crippen LogP contribution in [0, 0.1) is 0 Å². The molecule has 0 saturated heterocycles. The number of anilines is 1. The SMILES string of the molecule is O=c1cnnc(N/N=C\c2c(O)ccc3ccccc23)[nH]1. The number of hydrazone groups is 1. The monoisotopic (exact) mass is 281 g/mol. The molecule has 104 valence electrons. The number of hydrogen-bond donors (Lipinski definition) is 3. The van der Waals surface area contributed by atoms with E-state index in [-0.39, 0.29) is 17.3 Å². The maximum Gasteiger partial charge on any atom is 0.271 e. The van der Waals surface area contributed by atoms with Gasteiger partial charge in [-0.1, -0.05) is 30.3 Å². The zero-order chi connectivity index (χ0) is 14.7. The fraction of sp³-hybridized carbons (Fsp3) is 0. The summed E-state index contributed by atoms with van der Waals surface area (Å²) in [6.45, 7) is 0. The number of aromatic nitrogens is 3. The van der Waals surface area contributed by atoms with Crippen molar-refractivity contribution >= 4 is 22.9 Å². The first-order valence-corrected chi connectivity index (χ1v) is 6.16. The van der Waals surface area contributed by atoms with Crippen LogP contribution < -0.4 is 11.0 Å². The second-order valence-corrected chi connectivity index (χ2v) is 4.27. The molecule has 0 unspecified atom stereocenters. The number of phenolic OH excluding ortho intramolecular Hbond substituents is 1. The minimum atomic E-state index is -0.379. The van der Waals surface area contributed by atoms with Crippen LogP contribution >= 0.6 is 0 Å². The summed E-state index contributed by atoms with van der Waals surface area (Å²) in [6, 6.07) is 11.1. The molecular weight excluding hydrogens is 270 g/mol. The van der Waals surface area contributed by atoms with E-state index in [9.17, 15) is 9.90 Å². The molecular formula is C14H11N5O2. The van der Waals surface area contributed by atoms with Gasteiger partial charge in [-0.25, -0.2) is 5.43 Å². The van der Waals surface area contributed by atoms with Crippen molar-refractivity contribution in [3.8, 4) is 5.75 Å². The van der Waals surface area contributed by atoms with Gasteiger partial charge in [0.2, 0.25) is 5.95 Å². The number of aromatic amines is 1. The van der Waals surface area contributed by atoms with Crippen molar-refractivity contribution in [3.05, 3.63) is 58.5 Å². The van der Waals surface area contributed by atoms with Crippen LogP contribution in [-0.2, 0) is 0 Å². The molecule has 21 heavy (non-hydrogen) atoms. The zero-order valence-electron chi connectivity index (χ0n) is 10.8. The van der Waals surface area contributed by atoms with E-state index in [2.05, 4.69) is 25.7 Å². The molecule has 0 aliphatic heterocycles. The van der Waals surface area contributed by atoms with E-state index < -0.39 is 0 Å². The maximum absolute atomic E-state index is 11.1. The number of nitrogens with one attached hydrogen (secondary N) is 2. The van der Waals surface area contributed by atoms with Gasteiger partial charge >= 0.3 is 0 Å². The van der Waals surface area contributed by atoms with Gasteiger partial charge in [0.15, 0.2) is 0 Å². The molecule has 1 heterocycles. The van der Waals surface area contributed by atoms with Crippen LogP contribution in [0.25, 0.3) is 10.8 Å². The van der Waals surface area contributed by atoms with Gasteiger partial charge in [0.25, 0.3) is 5.56 Å². The van der Waals surface area contributed by atoms with Crippen molar-refractivity contribution in [3.63, 3.8) is 0 Å². The normalized spacial score (nSPS) is 11.0. The van der Waals surface area contributed by atoms with E-state index in [1.807, 2.05) is 30.3 Å². The predicted molar refractivity (Wildman–Crippen MR) is 79.5 cm³/mol. The Morgan fingerprint density at radius 1 is 1.24 bits per heavy atom. The molecule has 2 aromatic carbocycles. The van der Waals surface area contributed by atoms with Crippen LogP contribution in [-0.4, -0.2) is 26.5 Å². The molecule has 1 aromatic heterocycles. The summed E-state index contributed by atoms with van der Waals surface area (Å²) >= 11 is 0.